The number of nitrogens with zero attached hydrogens (tertiary/aromatic N) is 1. The molecule has 3 N–H and O–H groups in total. The van der Waals surface area contributed by atoms with E-state index in [1.165, 1.54) is 29.5 Å². The first-order valence-corrected chi connectivity index (χ1v) is 6.87. The zero-order valence-electron chi connectivity index (χ0n) is 12.0. The first-order valence-electron chi connectivity index (χ1n) is 6.87. The molecular formula is C16H14FN3O3. The Labute approximate surface area is 131 Å². The number of carbonyl (C=O) groups is 1. The van der Waals surface area contributed by atoms with Crippen LogP contribution in [-0.2, 0) is 11.2 Å². The van der Waals surface area contributed by atoms with Crippen LogP contribution in [0.5, 0.6) is 0 Å². The van der Waals surface area contributed by atoms with Crippen LogP contribution in [0.1, 0.15) is 17.1 Å². The largest absolute Gasteiger partial charge is 0.504 e. The molecule has 0 unspecified atom stereocenters. The SMILES string of the molecule is O=C(C=C(O)c1ccc(Cc2ccc(F)cc2)o1)N1C=CNN1. The minimum Gasteiger partial charge on any atom is -0.504 e. The van der Waals surface area contributed by atoms with Crippen molar-refractivity contribution in [2.24, 2.45) is 0 Å². The standard InChI is InChI=1S/C16H14FN3O3/c17-12-3-1-11(2-4-12)9-13-5-6-15(23-13)14(21)10-16(22)20-8-7-18-19-20/h1-8,10,18-19,21H,9H2. The molecule has 0 aliphatic carbocycles. The van der Waals surface area contributed by atoms with Gasteiger partial charge < -0.3 is 14.9 Å². The first-order chi connectivity index (χ1) is 11.1. The van der Waals surface area contributed by atoms with Gasteiger partial charge in [-0.15, -0.1) is 5.53 Å². The highest BCUT2D eigenvalue weighted by atomic mass is 19.1. The summed E-state index contributed by atoms with van der Waals surface area (Å²) in [5.41, 5.74) is 6.06. The lowest BCUT2D eigenvalue weighted by Crippen LogP contribution is -2.39. The van der Waals surface area contributed by atoms with Gasteiger partial charge >= 0.3 is 0 Å². The van der Waals surface area contributed by atoms with E-state index in [1.54, 1.807) is 24.3 Å². The Kier molecular flexibility index (Phi) is 4.11. The van der Waals surface area contributed by atoms with E-state index in [4.69, 9.17) is 4.42 Å². The number of aliphatic hydroxyl groups is 1. The molecule has 3 rings (SSSR count). The summed E-state index contributed by atoms with van der Waals surface area (Å²) in [5.74, 6) is -0.249. The van der Waals surface area contributed by atoms with Crippen LogP contribution in [0.2, 0.25) is 0 Å². The third-order valence-corrected chi connectivity index (χ3v) is 3.20. The highest BCUT2D eigenvalue weighted by molar-refractivity contribution is 5.93. The minimum absolute atomic E-state index is 0.187. The van der Waals surface area contributed by atoms with E-state index >= 15 is 0 Å². The van der Waals surface area contributed by atoms with Gasteiger partial charge in [-0.25, -0.2) is 9.40 Å². The number of hydrogen-bond acceptors (Lipinski definition) is 5. The number of carbonyl (C=O) groups excluding carboxylic acids is 1. The highest BCUT2D eigenvalue weighted by Gasteiger charge is 2.14. The normalized spacial score (nSPS) is 14.1. The van der Waals surface area contributed by atoms with E-state index in [-0.39, 0.29) is 17.3 Å². The number of aliphatic hydroxyl groups excluding tert-OH is 1. The second kappa shape index (κ2) is 6.37. The van der Waals surface area contributed by atoms with E-state index in [2.05, 4.69) is 11.0 Å². The molecule has 0 saturated heterocycles. The van der Waals surface area contributed by atoms with Gasteiger partial charge in [0, 0.05) is 18.8 Å². The number of hydrazine groups is 2. The predicted octanol–water partition coefficient (Wildman–Crippen LogP) is 2.23. The van der Waals surface area contributed by atoms with E-state index in [1.807, 2.05) is 0 Å². The topological polar surface area (TPSA) is 77.7 Å². The molecule has 0 atom stereocenters. The van der Waals surface area contributed by atoms with Gasteiger partial charge in [0.05, 0.1) is 6.08 Å². The molecule has 7 heteroatoms. The number of rotatable bonds is 4. The van der Waals surface area contributed by atoms with Crippen LogP contribution in [-0.4, -0.2) is 16.0 Å². The highest BCUT2D eigenvalue weighted by Crippen LogP contribution is 2.19. The van der Waals surface area contributed by atoms with Gasteiger partial charge in [0.1, 0.15) is 11.6 Å². The number of benzene rings is 1. The fourth-order valence-corrected chi connectivity index (χ4v) is 2.06. The van der Waals surface area contributed by atoms with Crippen LogP contribution in [0.25, 0.3) is 5.76 Å². The smallest absolute Gasteiger partial charge is 0.270 e. The Morgan fingerprint density at radius 3 is 2.74 bits per heavy atom. The molecule has 1 amide bonds. The van der Waals surface area contributed by atoms with E-state index < -0.39 is 5.91 Å². The Bertz CT molecular complexity index is 765. The molecule has 1 aliphatic heterocycles. The van der Waals surface area contributed by atoms with Crippen molar-refractivity contribution in [3.8, 4) is 0 Å². The van der Waals surface area contributed by atoms with Gasteiger partial charge in [-0.05, 0) is 29.8 Å². The van der Waals surface area contributed by atoms with Gasteiger partial charge in [-0.3, -0.25) is 4.79 Å². The van der Waals surface area contributed by atoms with Crippen molar-refractivity contribution < 1.29 is 18.7 Å². The summed E-state index contributed by atoms with van der Waals surface area (Å²) in [4.78, 5) is 11.8. The molecule has 1 aliphatic rings. The van der Waals surface area contributed by atoms with Crippen molar-refractivity contribution in [2.75, 3.05) is 0 Å². The molecule has 2 aromatic rings. The maximum atomic E-state index is 12.9. The summed E-state index contributed by atoms with van der Waals surface area (Å²) < 4.78 is 18.4. The average Bonchev–Trinajstić information content (AvgIpc) is 3.21. The van der Waals surface area contributed by atoms with Crippen molar-refractivity contribution in [1.29, 1.82) is 0 Å². The fourth-order valence-electron chi connectivity index (χ4n) is 2.06. The van der Waals surface area contributed by atoms with Gasteiger partial charge in [-0.1, -0.05) is 12.1 Å². The van der Waals surface area contributed by atoms with Crippen LogP contribution >= 0.6 is 0 Å². The van der Waals surface area contributed by atoms with E-state index in [0.717, 1.165) is 11.6 Å². The van der Waals surface area contributed by atoms with E-state index in [0.29, 0.717) is 12.2 Å². The maximum Gasteiger partial charge on any atom is 0.270 e. The van der Waals surface area contributed by atoms with Crippen LogP contribution in [0.15, 0.2) is 59.3 Å². The lowest BCUT2D eigenvalue weighted by atomic mass is 10.1. The Morgan fingerprint density at radius 2 is 2.04 bits per heavy atom. The van der Waals surface area contributed by atoms with Crippen molar-refractivity contribution in [2.45, 2.75) is 6.42 Å². The predicted molar refractivity (Wildman–Crippen MR) is 80.8 cm³/mol. The maximum absolute atomic E-state index is 12.9. The lowest BCUT2D eigenvalue weighted by Gasteiger charge is -2.10. The summed E-state index contributed by atoms with van der Waals surface area (Å²) in [7, 11) is 0. The second-order valence-corrected chi connectivity index (χ2v) is 4.88. The number of nitrogens with one attached hydrogen (secondary N) is 2. The average molecular weight is 315 g/mol. The fraction of sp³-hybridized carbons (Fsp3) is 0.0625. The third-order valence-electron chi connectivity index (χ3n) is 3.20. The molecule has 0 spiro atoms. The molecule has 2 heterocycles. The Morgan fingerprint density at radius 1 is 1.26 bits per heavy atom. The second-order valence-electron chi connectivity index (χ2n) is 4.88. The van der Waals surface area contributed by atoms with E-state index in [9.17, 15) is 14.3 Å². The van der Waals surface area contributed by atoms with Crippen LogP contribution < -0.4 is 11.0 Å². The summed E-state index contributed by atoms with van der Waals surface area (Å²) >= 11 is 0. The number of amides is 1. The van der Waals surface area contributed by atoms with Gasteiger partial charge in [-0.2, -0.15) is 0 Å². The first kappa shape index (κ1) is 14.9. The summed E-state index contributed by atoms with van der Waals surface area (Å²) in [6, 6.07) is 9.34. The molecule has 1 aromatic heterocycles. The van der Waals surface area contributed by atoms with Gasteiger partial charge in [0.15, 0.2) is 11.5 Å². The van der Waals surface area contributed by atoms with Crippen molar-refractivity contribution in [3.63, 3.8) is 0 Å². The molecule has 0 saturated carbocycles. The number of halogens is 1. The van der Waals surface area contributed by atoms with Crippen molar-refractivity contribution >= 4 is 11.7 Å². The quantitative estimate of drug-likeness (QED) is 0.596. The Balaban J connectivity index is 1.69. The summed E-state index contributed by atoms with van der Waals surface area (Å²) in [5, 5.41) is 11.1. The molecular weight excluding hydrogens is 301 g/mol. The third kappa shape index (κ3) is 3.58. The summed E-state index contributed by atoms with van der Waals surface area (Å²) in [6.45, 7) is 0. The zero-order chi connectivity index (χ0) is 16.2. The number of furan rings is 1. The molecule has 0 bridgehead atoms. The van der Waals surface area contributed by atoms with Crippen LogP contribution in [0, 0.1) is 5.82 Å². The summed E-state index contributed by atoms with van der Waals surface area (Å²) in [6.07, 6.45) is 4.53. The van der Waals surface area contributed by atoms with Crippen LogP contribution in [0.4, 0.5) is 4.39 Å². The molecule has 23 heavy (non-hydrogen) atoms. The molecule has 6 nitrogen and oxygen atoms in total. The Hall–Kier alpha value is -3.06. The lowest BCUT2D eigenvalue weighted by molar-refractivity contribution is -0.125. The molecule has 0 fully saturated rings. The molecule has 0 radical (unpaired) electrons. The zero-order valence-corrected chi connectivity index (χ0v) is 12.0. The van der Waals surface area contributed by atoms with Gasteiger partial charge in [0.2, 0.25) is 0 Å². The minimum atomic E-state index is -0.458. The van der Waals surface area contributed by atoms with Gasteiger partial charge in [0.25, 0.3) is 5.91 Å². The number of hydrogen-bond donors (Lipinski definition) is 3. The monoisotopic (exact) mass is 315 g/mol. The van der Waals surface area contributed by atoms with Crippen LogP contribution in [0.3, 0.4) is 0 Å². The van der Waals surface area contributed by atoms with Crippen molar-refractivity contribution in [3.05, 3.63) is 77.8 Å². The molecule has 118 valence electrons. The van der Waals surface area contributed by atoms with Crippen molar-refractivity contribution in [1.82, 2.24) is 16.0 Å². The molecule has 1 aromatic carbocycles.